The van der Waals surface area contributed by atoms with Crippen LogP contribution >= 0.6 is 0 Å². The van der Waals surface area contributed by atoms with Crippen molar-refractivity contribution in [2.75, 3.05) is 0 Å². The lowest BCUT2D eigenvalue weighted by Gasteiger charge is -2.49. The van der Waals surface area contributed by atoms with Crippen LogP contribution < -0.4 is 5.32 Å². The molecule has 226 valence electrons. The maximum absolute atomic E-state index is 10.3. The number of piperidine rings is 1. The number of carboxylic acid groups (broad SMARTS) is 3. The van der Waals surface area contributed by atoms with E-state index in [0.717, 1.165) is 32.5 Å². The highest BCUT2D eigenvalue weighted by atomic mass is 16.4. The Morgan fingerprint density at radius 3 is 2.05 bits per heavy atom. The monoisotopic (exact) mass is 572 g/mol. The Bertz CT molecular complexity index is 1170. The third kappa shape index (κ3) is 10.4. The van der Waals surface area contributed by atoms with E-state index in [9.17, 15) is 14.4 Å². The maximum atomic E-state index is 10.3. The van der Waals surface area contributed by atoms with E-state index in [2.05, 4.69) is 86.8 Å². The molecule has 1 saturated heterocycles. The number of hydrogen-bond acceptors (Lipinski definition) is 7. The molecule has 0 radical (unpaired) electrons. The molecule has 11 nitrogen and oxygen atoms in total. The fraction of sp³-hybridized carbons (Fsp3) is 0.533. The van der Waals surface area contributed by atoms with Crippen molar-refractivity contribution < 1.29 is 34.8 Å². The normalized spacial score (nSPS) is 16.5. The first-order chi connectivity index (χ1) is 19.0. The van der Waals surface area contributed by atoms with Crippen molar-refractivity contribution in [3.05, 3.63) is 66.0 Å². The predicted molar refractivity (Wildman–Crippen MR) is 154 cm³/mol. The Kier molecular flexibility index (Phi) is 11.4. The van der Waals surface area contributed by atoms with Crippen LogP contribution in [0.1, 0.15) is 70.2 Å². The topological polar surface area (TPSA) is 165 Å². The van der Waals surface area contributed by atoms with Crippen molar-refractivity contribution >= 4 is 17.9 Å². The van der Waals surface area contributed by atoms with Gasteiger partial charge in [0.25, 0.3) is 0 Å². The smallest absolute Gasteiger partial charge is 0.336 e. The van der Waals surface area contributed by atoms with Gasteiger partial charge >= 0.3 is 17.9 Å². The Balaban J connectivity index is 0.000000383. The lowest BCUT2D eigenvalue weighted by Crippen LogP contribution is -2.62. The van der Waals surface area contributed by atoms with Crippen LogP contribution in [0.15, 0.2) is 49.2 Å². The van der Waals surface area contributed by atoms with Crippen molar-refractivity contribution in [3.63, 3.8) is 0 Å². The van der Waals surface area contributed by atoms with Gasteiger partial charge in [-0.25, -0.2) is 4.79 Å². The van der Waals surface area contributed by atoms with Crippen LogP contribution in [0.2, 0.25) is 0 Å². The zero-order valence-corrected chi connectivity index (χ0v) is 24.6. The van der Waals surface area contributed by atoms with Crippen molar-refractivity contribution in [2.45, 2.75) is 103 Å². The van der Waals surface area contributed by atoms with E-state index in [1.54, 1.807) is 0 Å². The number of aliphatic hydroxyl groups is 1. The molecule has 1 aliphatic heterocycles. The Hall–Kier alpha value is -3.54. The summed E-state index contributed by atoms with van der Waals surface area (Å²) < 4.78 is 2.04. The molecule has 0 unspecified atom stereocenters. The zero-order valence-electron chi connectivity index (χ0n) is 24.6. The van der Waals surface area contributed by atoms with E-state index in [-0.39, 0.29) is 11.1 Å². The third-order valence-electron chi connectivity index (χ3n) is 7.08. The standard InChI is InChI=1S/C24H36N4.C6H8O7/c1-7-13-28-19(2)21(16-25-28)18-27(17-20-11-9-8-10-12-20)22-14-23(3,4)26-24(5,6)15-22;7-3(8)1-6(13,5(11)12)2-4(9)10/h7-12,16,22,26H,1,13-15,17-18H2,2-6H3;13H,1-2H2,(H,7,8)(H,9,10)(H,11,12). The molecule has 41 heavy (non-hydrogen) atoms. The molecular weight excluding hydrogens is 528 g/mol. The SMILES string of the molecule is C=CCn1ncc(CN(Cc2ccccc2)C2CC(C)(C)NC(C)(C)C2)c1C.O=C(O)CC(O)(CC(=O)O)C(=O)O. The number of hydrogen-bond donors (Lipinski definition) is 5. The fourth-order valence-electron chi connectivity index (χ4n) is 5.54. The Morgan fingerprint density at radius 2 is 1.59 bits per heavy atom. The molecule has 1 aliphatic rings. The lowest BCUT2D eigenvalue weighted by molar-refractivity contribution is -0.170. The van der Waals surface area contributed by atoms with Gasteiger partial charge in [-0.1, -0.05) is 36.4 Å². The first-order valence-corrected chi connectivity index (χ1v) is 13.6. The highest BCUT2D eigenvalue weighted by molar-refractivity contribution is 5.88. The average molecular weight is 573 g/mol. The van der Waals surface area contributed by atoms with E-state index in [1.807, 2.05) is 17.0 Å². The number of nitrogens with one attached hydrogen (secondary N) is 1. The van der Waals surface area contributed by atoms with Crippen molar-refractivity contribution in [1.82, 2.24) is 20.0 Å². The van der Waals surface area contributed by atoms with Gasteiger partial charge in [0.05, 0.1) is 25.6 Å². The molecule has 0 bridgehead atoms. The second-order valence-electron chi connectivity index (χ2n) is 12.0. The van der Waals surface area contributed by atoms with Gasteiger partial charge in [-0.2, -0.15) is 5.10 Å². The maximum Gasteiger partial charge on any atom is 0.336 e. The van der Waals surface area contributed by atoms with E-state index in [1.165, 1.54) is 16.8 Å². The van der Waals surface area contributed by atoms with Crippen LogP contribution in [0.3, 0.4) is 0 Å². The number of carbonyl (C=O) groups is 3. The van der Waals surface area contributed by atoms with Crippen molar-refractivity contribution in [3.8, 4) is 0 Å². The van der Waals surface area contributed by atoms with E-state index in [0.29, 0.717) is 6.04 Å². The highest BCUT2D eigenvalue weighted by Crippen LogP contribution is 2.33. The summed E-state index contributed by atoms with van der Waals surface area (Å²) in [6.07, 6.45) is 3.94. The molecule has 1 aromatic heterocycles. The molecule has 2 heterocycles. The number of rotatable bonds is 12. The van der Waals surface area contributed by atoms with Gasteiger partial charge in [-0.3, -0.25) is 19.2 Å². The van der Waals surface area contributed by atoms with Crippen molar-refractivity contribution in [2.24, 2.45) is 0 Å². The molecule has 0 aliphatic carbocycles. The molecule has 5 N–H and O–H groups in total. The fourth-order valence-corrected chi connectivity index (χ4v) is 5.54. The molecule has 0 amide bonds. The number of benzene rings is 1. The second kappa shape index (κ2) is 13.9. The van der Waals surface area contributed by atoms with Gasteiger partial charge in [-0.05, 0) is 53.0 Å². The number of aliphatic carboxylic acids is 3. The molecular formula is C30H44N4O7. The third-order valence-corrected chi connectivity index (χ3v) is 7.08. The van der Waals surface area contributed by atoms with E-state index >= 15 is 0 Å². The Labute approximate surface area is 241 Å². The molecule has 1 fully saturated rings. The molecule has 0 saturated carbocycles. The van der Waals surface area contributed by atoms with Gasteiger partial charge < -0.3 is 25.7 Å². The van der Waals surface area contributed by atoms with Gasteiger partial charge in [0, 0.05) is 41.5 Å². The first kappa shape index (κ1) is 33.7. The molecule has 1 aromatic carbocycles. The number of carboxylic acids is 3. The van der Waals surface area contributed by atoms with Crippen LogP contribution in [0, 0.1) is 6.92 Å². The number of nitrogens with zero attached hydrogens (tertiary/aromatic N) is 3. The van der Waals surface area contributed by atoms with Crippen LogP contribution in [0.25, 0.3) is 0 Å². The Morgan fingerprint density at radius 1 is 1.05 bits per heavy atom. The summed E-state index contributed by atoms with van der Waals surface area (Å²) in [5, 5.41) is 42.2. The van der Waals surface area contributed by atoms with Gasteiger partial charge in [0.2, 0.25) is 0 Å². The quantitative estimate of drug-likeness (QED) is 0.238. The van der Waals surface area contributed by atoms with Crippen LogP contribution in [0.4, 0.5) is 0 Å². The minimum absolute atomic E-state index is 0.128. The lowest BCUT2D eigenvalue weighted by atomic mass is 9.79. The van der Waals surface area contributed by atoms with E-state index in [4.69, 9.17) is 20.4 Å². The zero-order chi connectivity index (χ0) is 31.0. The summed E-state index contributed by atoms with van der Waals surface area (Å²) in [5.41, 5.74) is 1.44. The summed E-state index contributed by atoms with van der Waals surface area (Å²) in [6.45, 7) is 18.0. The summed E-state index contributed by atoms with van der Waals surface area (Å²) in [7, 11) is 0. The first-order valence-electron chi connectivity index (χ1n) is 13.6. The van der Waals surface area contributed by atoms with E-state index < -0.39 is 36.4 Å². The van der Waals surface area contributed by atoms with Crippen LogP contribution in [-0.4, -0.2) is 75.7 Å². The molecule has 0 spiro atoms. The van der Waals surface area contributed by atoms with Crippen LogP contribution in [-0.2, 0) is 34.0 Å². The number of allylic oxidation sites excluding steroid dienone is 1. The summed E-state index contributed by atoms with van der Waals surface area (Å²) in [5.74, 6) is -5.02. The predicted octanol–water partition coefficient (Wildman–Crippen LogP) is 3.44. The van der Waals surface area contributed by atoms with Crippen LogP contribution in [0.5, 0.6) is 0 Å². The minimum Gasteiger partial charge on any atom is -0.481 e. The highest BCUT2D eigenvalue weighted by Gasteiger charge is 2.41. The number of aromatic nitrogens is 2. The van der Waals surface area contributed by atoms with Crippen molar-refractivity contribution in [1.29, 1.82) is 0 Å². The molecule has 2 aromatic rings. The summed E-state index contributed by atoms with van der Waals surface area (Å²) in [6, 6.07) is 11.4. The minimum atomic E-state index is -2.74. The molecule has 0 atom stereocenters. The molecule has 11 heteroatoms. The average Bonchev–Trinajstić information content (AvgIpc) is 3.16. The van der Waals surface area contributed by atoms with Gasteiger partial charge in [-0.15, -0.1) is 6.58 Å². The molecule has 3 rings (SSSR count). The summed E-state index contributed by atoms with van der Waals surface area (Å²) >= 11 is 0. The largest absolute Gasteiger partial charge is 0.481 e. The summed E-state index contributed by atoms with van der Waals surface area (Å²) in [4.78, 5) is 33.1. The second-order valence-corrected chi connectivity index (χ2v) is 12.0. The van der Waals surface area contributed by atoms with Gasteiger partial charge in [0.1, 0.15) is 0 Å². The van der Waals surface area contributed by atoms with Gasteiger partial charge in [0.15, 0.2) is 5.60 Å².